The predicted molar refractivity (Wildman–Crippen MR) is 182 cm³/mol. The Hall–Kier alpha value is -1.63. The highest BCUT2D eigenvalue weighted by atomic mass is 16.6. The van der Waals surface area contributed by atoms with Gasteiger partial charge in [-0.2, -0.15) is 0 Å². The number of amides is 1. The van der Waals surface area contributed by atoms with E-state index in [9.17, 15) is 14.4 Å². The molecule has 2 fully saturated rings. The van der Waals surface area contributed by atoms with Gasteiger partial charge in [-0.05, 0) is 59.3 Å². The number of rotatable bonds is 21. The number of ether oxygens (including phenoxy) is 1. The zero-order valence-corrected chi connectivity index (χ0v) is 29.2. The fourth-order valence-corrected chi connectivity index (χ4v) is 6.33. The summed E-state index contributed by atoms with van der Waals surface area (Å²) < 4.78 is 5.31. The summed E-state index contributed by atoms with van der Waals surface area (Å²) in [5.41, 5.74) is -0.682. The van der Waals surface area contributed by atoms with Crippen LogP contribution in [0.5, 0.6) is 0 Å². The first kappa shape index (κ1) is 40.4. The number of carboxylic acid groups (broad SMARTS) is 1. The Bertz CT molecular complexity index is 723. The van der Waals surface area contributed by atoms with E-state index >= 15 is 0 Å². The third-order valence-electron chi connectivity index (χ3n) is 8.86. The summed E-state index contributed by atoms with van der Waals surface area (Å²) in [6.07, 6.45) is 30.9. The molecule has 0 unspecified atom stereocenters. The smallest absolute Gasteiger partial charge is 0.329 e. The molecule has 0 aromatic rings. The Kier molecular flexibility index (Phi) is 23.5. The van der Waals surface area contributed by atoms with Crippen molar-refractivity contribution in [2.75, 3.05) is 0 Å². The van der Waals surface area contributed by atoms with Gasteiger partial charge in [0.25, 0.3) is 0 Å². The molecule has 0 aromatic heterocycles. The number of aliphatic carboxylic acids is 1. The van der Waals surface area contributed by atoms with Gasteiger partial charge in [0.1, 0.15) is 11.6 Å². The van der Waals surface area contributed by atoms with Gasteiger partial charge in [0, 0.05) is 24.9 Å². The Labute approximate surface area is 270 Å². The summed E-state index contributed by atoms with van der Waals surface area (Å²) in [6, 6.07) is 0.832. The summed E-state index contributed by atoms with van der Waals surface area (Å²) in [5.74, 6) is -1.80. The Morgan fingerprint density at radius 2 is 1.11 bits per heavy atom. The molecule has 2 saturated carbocycles. The van der Waals surface area contributed by atoms with Crippen LogP contribution in [0.2, 0.25) is 0 Å². The lowest BCUT2D eigenvalue weighted by atomic mass is 9.91. The number of hydrogen-bond donors (Lipinski definition) is 3. The molecule has 0 spiro atoms. The summed E-state index contributed by atoms with van der Waals surface area (Å²) in [4.78, 5) is 35.3. The number of hydrogen-bond acceptors (Lipinski definition) is 5. The molecule has 0 heterocycles. The molecule has 3 N–H and O–H groups in total. The topological polar surface area (TPSA) is 105 Å². The molecule has 0 aliphatic heterocycles. The third-order valence-corrected chi connectivity index (χ3v) is 8.86. The molecule has 2 aliphatic rings. The van der Waals surface area contributed by atoms with Crippen molar-refractivity contribution in [1.82, 2.24) is 10.6 Å². The number of carbonyl (C=O) groups excluding carboxylic acids is 2. The minimum absolute atomic E-state index is 0.0363. The lowest BCUT2D eigenvalue weighted by molar-refractivity contribution is -0.159. The van der Waals surface area contributed by atoms with Crippen LogP contribution in [0.25, 0.3) is 0 Å². The first-order valence-corrected chi connectivity index (χ1v) is 18.6. The zero-order valence-electron chi connectivity index (χ0n) is 29.2. The molecule has 0 radical (unpaired) electrons. The van der Waals surface area contributed by atoms with Crippen molar-refractivity contribution in [2.24, 2.45) is 0 Å². The highest BCUT2D eigenvalue weighted by Crippen LogP contribution is 2.22. The van der Waals surface area contributed by atoms with Crippen LogP contribution in [0, 0.1) is 0 Å². The van der Waals surface area contributed by atoms with E-state index in [4.69, 9.17) is 9.84 Å². The first-order valence-electron chi connectivity index (χ1n) is 18.6. The Balaban J connectivity index is 0.000000607. The quantitative estimate of drug-likeness (QED) is 0.0870. The van der Waals surface area contributed by atoms with Crippen LogP contribution in [0.4, 0.5) is 0 Å². The highest BCUT2D eigenvalue weighted by Gasteiger charge is 2.27. The van der Waals surface area contributed by atoms with Gasteiger partial charge in [-0.3, -0.25) is 9.59 Å². The summed E-state index contributed by atoms with van der Waals surface area (Å²) in [7, 11) is 0. The van der Waals surface area contributed by atoms with Crippen molar-refractivity contribution in [2.45, 2.75) is 218 Å². The van der Waals surface area contributed by atoms with Gasteiger partial charge < -0.3 is 20.5 Å². The molecule has 2 rings (SSSR count). The predicted octanol–water partition coefficient (Wildman–Crippen LogP) is 9.40. The fraction of sp³-hybridized carbons (Fsp3) is 0.919. The lowest BCUT2D eigenvalue weighted by Crippen LogP contribution is -2.44. The van der Waals surface area contributed by atoms with Crippen molar-refractivity contribution in [3.05, 3.63) is 0 Å². The maximum absolute atomic E-state index is 12.3. The van der Waals surface area contributed by atoms with Crippen molar-refractivity contribution in [1.29, 1.82) is 0 Å². The van der Waals surface area contributed by atoms with Gasteiger partial charge in [-0.25, -0.2) is 4.79 Å². The fourth-order valence-electron chi connectivity index (χ4n) is 6.33. The molecule has 0 bridgehead atoms. The number of unbranched alkanes of at least 4 members (excludes halogenated alkanes) is 12. The number of carboxylic acids is 1. The molecule has 1 amide bonds. The molecular formula is C37H70N2O5. The van der Waals surface area contributed by atoms with Crippen LogP contribution in [0.3, 0.4) is 0 Å². The Morgan fingerprint density at radius 1 is 0.682 bits per heavy atom. The summed E-state index contributed by atoms with van der Waals surface area (Å²) in [6.45, 7) is 7.48. The van der Waals surface area contributed by atoms with Gasteiger partial charge in [0.05, 0.1) is 0 Å². The van der Waals surface area contributed by atoms with Gasteiger partial charge in [-0.15, -0.1) is 0 Å². The molecule has 1 atom stereocenters. The van der Waals surface area contributed by atoms with E-state index in [2.05, 4.69) is 17.6 Å². The van der Waals surface area contributed by atoms with Crippen LogP contribution in [0.1, 0.15) is 195 Å². The third kappa shape index (κ3) is 23.7. The molecule has 258 valence electrons. The lowest BCUT2D eigenvalue weighted by Gasteiger charge is -2.30. The van der Waals surface area contributed by atoms with Crippen molar-refractivity contribution in [3.63, 3.8) is 0 Å². The SMILES string of the molecule is C1CCC(NC2CCCCC2)CC1.CCCCCCCCCCCCCCCC(=O)N[C@H](CCC(=O)O)C(=O)OC(C)(C)C. The molecule has 7 nitrogen and oxygen atoms in total. The van der Waals surface area contributed by atoms with Crippen molar-refractivity contribution >= 4 is 17.8 Å². The molecule has 0 aromatic carbocycles. The summed E-state index contributed by atoms with van der Waals surface area (Å²) >= 11 is 0. The van der Waals surface area contributed by atoms with Gasteiger partial charge in [-0.1, -0.05) is 122 Å². The maximum atomic E-state index is 12.3. The first-order chi connectivity index (χ1) is 21.1. The molecule has 7 heteroatoms. The maximum Gasteiger partial charge on any atom is 0.329 e. The van der Waals surface area contributed by atoms with Crippen molar-refractivity contribution < 1.29 is 24.2 Å². The van der Waals surface area contributed by atoms with Crippen LogP contribution in [-0.4, -0.2) is 46.7 Å². The zero-order chi connectivity index (χ0) is 32.5. The van der Waals surface area contributed by atoms with E-state index < -0.39 is 23.6 Å². The van der Waals surface area contributed by atoms with Crippen molar-refractivity contribution in [3.8, 4) is 0 Å². The van der Waals surface area contributed by atoms with Gasteiger partial charge >= 0.3 is 11.9 Å². The van der Waals surface area contributed by atoms with Crippen LogP contribution >= 0.6 is 0 Å². The standard InChI is InChI=1S/C25H47NO5.C12H23N/c1-5-6-7-8-9-10-11-12-13-14-15-16-17-18-22(27)26-21(19-20-23(28)29)24(30)31-25(2,3)4;1-3-7-11(8-4-1)13-12-9-5-2-6-10-12/h21H,5-20H2,1-4H3,(H,26,27)(H,28,29);11-13H,1-10H2/t21-;/m1./s1. The second-order valence-electron chi connectivity index (χ2n) is 14.4. The van der Waals surface area contributed by atoms with Crippen LogP contribution in [-0.2, 0) is 19.1 Å². The van der Waals surface area contributed by atoms with E-state index in [-0.39, 0.29) is 18.7 Å². The van der Waals surface area contributed by atoms with E-state index in [1.807, 2.05) is 0 Å². The molecular weight excluding hydrogens is 552 g/mol. The van der Waals surface area contributed by atoms with E-state index in [0.29, 0.717) is 6.42 Å². The van der Waals surface area contributed by atoms with Gasteiger partial charge in [0.2, 0.25) is 5.91 Å². The second-order valence-corrected chi connectivity index (χ2v) is 14.4. The highest BCUT2D eigenvalue weighted by molar-refractivity contribution is 5.85. The van der Waals surface area contributed by atoms with E-state index in [1.165, 1.54) is 128 Å². The molecule has 0 saturated heterocycles. The van der Waals surface area contributed by atoms with E-state index in [0.717, 1.165) is 31.3 Å². The van der Waals surface area contributed by atoms with Crippen LogP contribution in [0.15, 0.2) is 0 Å². The second kappa shape index (κ2) is 25.5. The van der Waals surface area contributed by atoms with E-state index in [1.54, 1.807) is 20.8 Å². The molecule has 44 heavy (non-hydrogen) atoms. The summed E-state index contributed by atoms with van der Waals surface area (Å²) in [5, 5.41) is 15.4. The normalized spacial score (nSPS) is 16.9. The Morgan fingerprint density at radius 3 is 1.52 bits per heavy atom. The largest absolute Gasteiger partial charge is 0.481 e. The number of carbonyl (C=O) groups is 3. The average molecular weight is 623 g/mol. The van der Waals surface area contributed by atoms with Gasteiger partial charge in [0.15, 0.2) is 0 Å². The monoisotopic (exact) mass is 623 g/mol. The number of nitrogens with one attached hydrogen (secondary N) is 2. The minimum atomic E-state index is -1.00. The minimum Gasteiger partial charge on any atom is -0.481 e. The number of esters is 1. The molecule has 2 aliphatic carbocycles. The van der Waals surface area contributed by atoms with Crippen LogP contribution < -0.4 is 10.6 Å². The average Bonchev–Trinajstić information content (AvgIpc) is 2.98.